The summed E-state index contributed by atoms with van der Waals surface area (Å²) in [5.41, 5.74) is 1.73. The number of hydrogen-bond donors (Lipinski definition) is 0. The molecule has 1 heterocycles. The lowest BCUT2D eigenvalue weighted by atomic mass is 10.1. The zero-order chi connectivity index (χ0) is 12.4. The maximum absolute atomic E-state index is 12.1. The molecule has 0 atom stereocenters. The van der Waals surface area contributed by atoms with Crippen molar-refractivity contribution >= 4 is 34.4 Å². The van der Waals surface area contributed by atoms with Crippen LogP contribution in [-0.4, -0.2) is 19.9 Å². The molecule has 1 aromatic carbocycles. The molecule has 0 aliphatic rings. The first-order valence-electron chi connectivity index (χ1n) is 5.14. The smallest absolute Gasteiger partial charge is 0.204 e. The third kappa shape index (κ3) is 2.51. The van der Waals surface area contributed by atoms with Gasteiger partial charge < -0.3 is 4.90 Å². The van der Waals surface area contributed by atoms with Gasteiger partial charge in [-0.1, -0.05) is 11.6 Å². The Kier molecular flexibility index (Phi) is 3.50. The van der Waals surface area contributed by atoms with Crippen molar-refractivity contribution in [2.45, 2.75) is 0 Å². The Balaban J connectivity index is 2.29. The lowest BCUT2D eigenvalue weighted by Crippen LogP contribution is -2.08. The largest absolute Gasteiger partial charge is 0.378 e. The van der Waals surface area contributed by atoms with Gasteiger partial charge in [0.1, 0.15) is 0 Å². The highest BCUT2D eigenvalue weighted by molar-refractivity contribution is 7.13. The summed E-state index contributed by atoms with van der Waals surface area (Å²) in [5, 5.41) is 2.35. The number of rotatable bonds is 3. The number of anilines is 1. The van der Waals surface area contributed by atoms with Crippen molar-refractivity contribution in [2.75, 3.05) is 19.0 Å². The van der Waals surface area contributed by atoms with E-state index in [4.69, 9.17) is 11.6 Å². The predicted molar refractivity (Wildman–Crippen MR) is 73.5 cm³/mol. The van der Waals surface area contributed by atoms with Crippen LogP contribution in [0.25, 0.3) is 0 Å². The van der Waals surface area contributed by atoms with E-state index in [9.17, 15) is 4.79 Å². The summed E-state index contributed by atoms with van der Waals surface area (Å²) in [5.74, 6) is -0.0182. The van der Waals surface area contributed by atoms with Gasteiger partial charge in [0, 0.05) is 25.3 Å². The van der Waals surface area contributed by atoms with Gasteiger partial charge in [0.25, 0.3) is 0 Å². The molecule has 1 aromatic heterocycles. The molecule has 2 nitrogen and oxygen atoms in total. The highest BCUT2D eigenvalue weighted by Gasteiger charge is 2.14. The molecule has 0 saturated carbocycles. The predicted octanol–water partition coefficient (Wildman–Crippen LogP) is 3.70. The zero-order valence-corrected chi connectivity index (χ0v) is 11.2. The number of carbonyl (C=O) groups excluding carboxylic acids is 1. The van der Waals surface area contributed by atoms with E-state index in [1.54, 1.807) is 6.07 Å². The van der Waals surface area contributed by atoms with Crippen LogP contribution in [0, 0.1) is 0 Å². The summed E-state index contributed by atoms with van der Waals surface area (Å²) >= 11 is 7.32. The summed E-state index contributed by atoms with van der Waals surface area (Å²) in [7, 11) is 3.93. The van der Waals surface area contributed by atoms with Gasteiger partial charge in [0.05, 0.1) is 9.90 Å². The summed E-state index contributed by atoms with van der Waals surface area (Å²) < 4.78 is 0. The highest BCUT2D eigenvalue weighted by Crippen LogP contribution is 2.25. The van der Waals surface area contributed by atoms with Gasteiger partial charge in [0.15, 0.2) is 0 Å². The van der Waals surface area contributed by atoms with Crippen molar-refractivity contribution in [3.8, 4) is 0 Å². The topological polar surface area (TPSA) is 20.3 Å². The molecule has 0 radical (unpaired) electrons. The Hall–Kier alpha value is -1.32. The number of carbonyl (C=O) groups is 1. The average Bonchev–Trinajstić information content (AvgIpc) is 2.74. The van der Waals surface area contributed by atoms with Crippen LogP contribution in [0.2, 0.25) is 5.02 Å². The van der Waals surface area contributed by atoms with Crippen LogP contribution in [0.5, 0.6) is 0 Å². The Labute approximate surface area is 109 Å². The first kappa shape index (κ1) is 12.1. The zero-order valence-electron chi connectivity index (χ0n) is 9.61. The van der Waals surface area contributed by atoms with Crippen LogP contribution < -0.4 is 4.90 Å². The van der Waals surface area contributed by atoms with Crippen molar-refractivity contribution in [3.05, 3.63) is 51.2 Å². The van der Waals surface area contributed by atoms with Crippen molar-refractivity contribution in [2.24, 2.45) is 0 Å². The molecule has 0 aliphatic carbocycles. The molecule has 2 aromatic rings. The first-order chi connectivity index (χ1) is 8.09. The van der Waals surface area contributed by atoms with Gasteiger partial charge in [0.2, 0.25) is 5.78 Å². The second-order valence-electron chi connectivity index (χ2n) is 3.87. The minimum absolute atomic E-state index is 0.0182. The molecule has 0 amide bonds. The molecule has 17 heavy (non-hydrogen) atoms. The van der Waals surface area contributed by atoms with E-state index in [0.717, 1.165) is 5.69 Å². The summed E-state index contributed by atoms with van der Waals surface area (Å²) in [6.45, 7) is 0. The van der Waals surface area contributed by atoms with Crippen LogP contribution in [0.15, 0.2) is 35.7 Å². The fraction of sp³-hybridized carbons (Fsp3) is 0.154. The third-order valence-corrected chi connectivity index (χ3v) is 3.81. The van der Waals surface area contributed by atoms with E-state index in [0.29, 0.717) is 15.5 Å². The number of benzene rings is 1. The minimum atomic E-state index is -0.0182. The normalized spacial score (nSPS) is 10.3. The number of thiophene rings is 1. The van der Waals surface area contributed by atoms with E-state index in [-0.39, 0.29) is 5.78 Å². The van der Waals surface area contributed by atoms with Gasteiger partial charge >= 0.3 is 0 Å². The lowest BCUT2D eigenvalue weighted by molar-refractivity contribution is 0.104. The molecule has 4 heteroatoms. The Morgan fingerprint density at radius 2 is 1.82 bits per heavy atom. The monoisotopic (exact) mass is 265 g/mol. The van der Waals surface area contributed by atoms with Crippen LogP contribution in [0.4, 0.5) is 5.69 Å². The van der Waals surface area contributed by atoms with Crippen molar-refractivity contribution in [1.29, 1.82) is 0 Å². The first-order valence-corrected chi connectivity index (χ1v) is 6.40. The quantitative estimate of drug-likeness (QED) is 0.789. The summed E-state index contributed by atoms with van der Waals surface area (Å²) in [6, 6.07) is 9.25. The molecule has 0 aliphatic heterocycles. The Morgan fingerprint density at radius 1 is 1.18 bits per heavy atom. The van der Waals surface area contributed by atoms with Crippen molar-refractivity contribution < 1.29 is 4.79 Å². The third-order valence-electron chi connectivity index (χ3n) is 2.47. The molecule has 0 N–H and O–H groups in total. The molecule has 0 fully saturated rings. The van der Waals surface area contributed by atoms with E-state index in [1.165, 1.54) is 11.3 Å². The molecule has 0 bridgehead atoms. The number of halogens is 1. The molecule has 2 rings (SSSR count). The van der Waals surface area contributed by atoms with Crippen LogP contribution >= 0.6 is 22.9 Å². The highest BCUT2D eigenvalue weighted by atomic mass is 35.5. The summed E-state index contributed by atoms with van der Waals surface area (Å²) in [4.78, 5) is 14.7. The Morgan fingerprint density at radius 3 is 2.29 bits per heavy atom. The number of ketones is 1. The fourth-order valence-corrected chi connectivity index (χ4v) is 2.60. The maximum Gasteiger partial charge on any atom is 0.204 e. The van der Waals surface area contributed by atoms with E-state index >= 15 is 0 Å². The molecular weight excluding hydrogens is 254 g/mol. The second-order valence-corrected chi connectivity index (χ2v) is 5.19. The van der Waals surface area contributed by atoms with Crippen molar-refractivity contribution in [1.82, 2.24) is 0 Å². The average molecular weight is 266 g/mol. The number of hydrogen-bond acceptors (Lipinski definition) is 3. The minimum Gasteiger partial charge on any atom is -0.378 e. The van der Waals surface area contributed by atoms with Crippen molar-refractivity contribution in [3.63, 3.8) is 0 Å². The van der Waals surface area contributed by atoms with E-state index in [1.807, 2.05) is 48.6 Å². The molecule has 0 saturated heterocycles. The van der Waals surface area contributed by atoms with Gasteiger partial charge in [-0.15, -0.1) is 11.3 Å². The van der Waals surface area contributed by atoms with Gasteiger partial charge in [-0.05, 0) is 35.7 Å². The van der Waals surface area contributed by atoms with E-state index < -0.39 is 0 Å². The van der Waals surface area contributed by atoms with Crippen LogP contribution in [-0.2, 0) is 0 Å². The van der Waals surface area contributed by atoms with Gasteiger partial charge in [-0.25, -0.2) is 0 Å². The number of nitrogens with zero attached hydrogens (tertiary/aromatic N) is 1. The molecule has 0 unspecified atom stereocenters. The SMILES string of the molecule is CN(C)c1ccc(C(=O)c2sccc2Cl)cc1. The lowest BCUT2D eigenvalue weighted by Gasteiger charge is -2.12. The van der Waals surface area contributed by atoms with Crippen LogP contribution in [0.1, 0.15) is 15.2 Å². The molecule has 0 spiro atoms. The maximum atomic E-state index is 12.1. The molecule has 88 valence electrons. The standard InChI is InChI=1S/C13H12ClNOS/c1-15(2)10-5-3-9(4-6-10)12(16)13-11(14)7-8-17-13/h3-8H,1-2H3. The fourth-order valence-electron chi connectivity index (χ4n) is 1.50. The second kappa shape index (κ2) is 4.90. The Bertz CT molecular complexity index is 531. The van der Waals surface area contributed by atoms with E-state index in [2.05, 4.69) is 0 Å². The van der Waals surface area contributed by atoms with Gasteiger partial charge in [-0.2, -0.15) is 0 Å². The summed E-state index contributed by atoms with van der Waals surface area (Å²) in [6.07, 6.45) is 0. The van der Waals surface area contributed by atoms with Gasteiger partial charge in [-0.3, -0.25) is 4.79 Å². The van der Waals surface area contributed by atoms with Crippen LogP contribution in [0.3, 0.4) is 0 Å². The molecular formula is C13H12ClNOS.